The molecule has 15 heavy (non-hydrogen) atoms. The fourth-order valence-corrected chi connectivity index (χ4v) is 1.01. The van der Waals surface area contributed by atoms with Gasteiger partial charge in [-0.15, -0.1) is 0 Å². The summed E-state index contributed by atoms with van der Waals surface area (Å²) >= 11 is 0. The standard InChI is InChI=1S/C10H17NO4/c1-2-3-4-5-6-8(12)10(15)11-7-9(13)14/h2-3,8,12H,4-7H2,1H3,(H,11,15)(H,13,14)/b3-2+. The van der Waals surface area contributed by atoms with E-state index in [-0.39, 0.29) is 0 Å². The molecule has 5 heteroatoms. The van der Waals surface area contributed by atoms with E-state index >= 15 is 0 Å². The van der Waals surface area contributed by atoms with E-state index in [2.05, 4.69) is 5.32 Å². The van der Waals surface area contributed by atoms with Gasteiger partial charge in [0.2, 0.25) is 5.91 Å². The average Bonchev–Trinajstić information content (AvgIpc) is 2.20. The van der Waals surface area contributed by atoms with Gasteiger partial charge in [0.15, 0.2) is 0 Å². The number of aliphatic carboxylic acids is 1. The highest BCUT2D eigenvalue weighted by molar-refractivity contribution is 5.84. The first-order valence-corrected chi connectivity index (χ1v) is 4.86. The monoisotopic (exact) mass is 215 g/mol. The second-order valence-corrected chi connectivity index (χ2v) is 3.13. The fraction of sp³-hybridized carbons (Fsp3) is 0.600. The minimum absolute atomic E-state index is 0.343. The van der Waals surface area contributed by atoms with E-state index in [4.69, 9.17) is 5.11 Å². The molecule has 0 aliphatic carbocycles. The summed E-state index contributed by atoms with van der Waals surface area (Å²) in [4.78, 5) is 21.2. The molecular formula is C10H17NO4. The number of carbonyl (C=O) groups excluding carboxylic acids is 1. The lowest BCUT2D eigenvalue weighted by atomic mass is 10.1. The number of hydrogen-bond acceptors (Lipinski definition) is 3. The molecule has 0 bridgehead atoms. The van der Waals surface area contributed by atoms with Crippen LogP contribution in [0.3, 0.4) is 0 Å². The van der Waals surface area contributed by atoms with Gasteiger partial charge >= 0.3 is 5.97 Å². The summed E-state index contributed by atoms with van der Waals surface area (Å²) in [6, 6.07) is 0. The predicted molar refractivity (Wildman–Crippen MR) is 55.3 cm³/mol. The summed E-state index contributed by atoms with van der Waals surface area (Å²) in [6.07, 6.45) is 4.58. The molecule has 0 aliphatic heterocycles. The molecule has 0 aromatic carbocycles. The van der Waals surface area contributed by atoms with E-state index in [0.29, 0.717) is 12.8 Å². The van der Waals surface area contributed by atoms with Gasteiger partial charge in [0.25, 0.3) is 0 Å². The third kappa shape index (κ3) is 7.69. The largest absolute Gasteiger partial charge is 0.480 e. The Kier molecular flexibility index (Phi) is 7.27. The van der Waals surface area contributed by atoms with Crippen molar-refractivity contribution in [2.24, 2.45) is 0 Å². The first-order valence-electron chi connectivity index (χ1n) is 4.86. The van der Waals surface area contributed by atoms with Gasteiger partial charge in [-0.05, 0) is 26.2 Å². The molecule has 0 aliphatic rings. The molecule has 0 saturated carbocycles. The van der Waals surface area contributed by atoms with E-state index in [1.165, 1.54) is 0 Å². The number of carbonyl (C=O) groups is 2. The second-order valence-electron chi connectivity index (χ2n) is 3.13. The van der Waals surface area contributed by atoms with Gasteiger partial charge in [0.05, 0.1) is 0 Å². The van der Waals surface area contributed by atoms with Crippen LogP contribution in [0.25, 0.3) is 0 Å². The molecule has 3 N–H and O–H groups in total. The van der Waals surface area contributed by atoms with Crippen molar-refractivity contribution in [1.82, 2.24) is 5.32 Å². The Morgan fingerprint density at radius 2 is 2.13 bits per heavy atom. The molecule has 0 heterocycles. The summed E-state index contributed by atoms with van der Waals surface area (Å²) in [7, 11) is 0. The van der Waals surface area contributed by atoms with Crippen LogP contribution in [-0.4, -0.2) is 34.7 Å². The quantitative estimate of drug-likeness (QED) is 0.421. The maximum Gasteiger partial charge on any atom is 0.322 e. The lowest BCUT2D eigenvalue weighted by molar-refractivity contribution is -0.139. The van der Waals surface area contributed by atoms with Crippen molar-refractivity contribution in [3.8, 4) is 0 Å². The molecule has 0 rings (SSSR count). The topological polar surface area (TPSA) is 86.6 Å². The van der Waals surface area contributed by atoms with Crippen molar-refractivity contribution in [1.29, 1.82) is 0 Å². The van der Waals surface area contributed by atoms with Gasteiger partial charge < -0.3 is 15.5 Å². The number of aliphatic hydroxyl groups is 1. The average molecular weight is 215 g/mol. The van der Waals surface area contributed by atoms with Gasteiger partial charge in [0, 0.05) is 0 Å². The number of carboxylic acids is 1. The summed E-state index contributed by atoms with van der Waals surface area (Å²) in [5.41, 5.74) is 0. The number of allylic oxidation sites excluding steroid dienone is 2. The van der Waals surface area contributed by atoms with E-state index in [9.17, 15) is 14.7 Å². The Bertz CT molecular complexity index is 238. The Hall–Kier alpha value is -1.36. The van der Waals surface area contributed by atoms with Crippen molar-refractivity contribution >= 4 is 11.9 Å². The van der Waals surface area contributed by atoms with E-state index in [1.54, 1.807) is 0 Å². The minimum atomic E-state index is -1.12. The van der Waals surface area contributed by atoms with Crippen molar-refractivity contribution in [2.75, 3.05) is 6.54 Å². The van der Waals surface area contributed by atoms with Crippen LogP contribution in [-0.2, 0) is 9.59 Å². The Morgan fingerprint density at radius 1 is 1.47 bits per heavy atom. The lowest BCUT2D eigenvalue weighted by Crippen LogP contribution is -2.37. The van der Waals surface area contributed by atoms with Crippen LogP contribution in [0.2, 0.25) is 0 Å². The summed E-state index contributed by atoms with van der Waals surface area (Å²) in [6.45, 7) is 1.45. The van der Waals surface area contributed by atoms with Gasteiger partial charge in [0.1, 0.15) is 12.6 Å². The van der Waals surface area contributed by atoms with Crippen LogP contribution >= 0.6 is 0 Å². The van der Waals surface area contributed by atoms with Crippen LogP contribution in [0.1, 0.15) is 26.2 Å². The zero-order valence-corrected chi connectivity index (χ0v) is 8.77. The Morgan fingerprint density at radius 3 is 2.67 bits per heavy atom. The maximum atomic E-state index is 11.1. The maximum absolute atomic E-state index is 11.1. The van der Waals surface area contributed by atoms with Crippen molar-refractivity contribution < 1.29 is 19.8 Å². The first-order chi connectivity index (χ1) is 7.07. The molecule has 1 unspecified atom stereocenters. The van der Waals surface area contributed by atoms with Gasteiger partial charge in [-0.25, -0.2) is 0 Å². The highest BCUT2D eigenvalue weighted by atomic mass is 16.4. The van der Waals surface area contributed by atoms with Crippen molar-refractivity contribution in [3.05, 3.63) is 12.2 Å². The minimum Gasteiger partial charge on any atom is -0.480 e. The number of rotatable bonds is 7. The number of aliphatic hydroxyl groups excluding tert-OH is 1. The third-order valence-corrected chi connectivity index (χ3v) is 1.80. The predicted octanol–water partition coefficient (Wildman–Crippen LogP) is 0.294. The molecule has 0 radical (unpaired) electrons. The molecule has 0 aromatic rings. The number of hydrogen-bond donors (Lipinski definition) is 3. The van der Waals surface area contributed by atoms with Crippen LogP contribution in [0, 0.1) is 0 Å². The molecule has 0 saturated heterocycles. The zero-order valence-electron chi connectivity index (χ0n) is 8.77. The first kappa shape index (κ1) is 13.6. The second kappa shape index (κ2) is 7.99. The van der Waals surface area contributed by atoms with Crippen LogP contribution in [0.5, 0.6) is 0 Å². The molecule has 1 amide bonds. The third-order valence-electron chi connectivity index (χ3n) is 1.80. The highest BCUT2D eigenvalue weighted by Gasteiger charge is 2.14. The number of nitrogens with one attached hydrogen (secondary N) is 1. The van der Waals surface area contributed by atoms with Crippen LogP contribution in [0.4, 0.5) is 0 Å². The molecule has 0 aromatic heterocycles. The Labute approximate surface area is 88.8 Å². The molecule has 0 spiro atoms. The van der Waals surface area contributed by atoms with Crippen molar-refractivity contribution in [2.45, 2.75) is 32.3 Å². The Balaban J connectivity index is 3.64. The summed E-state index contributed by atoms with van der Waals surface area (Å²) in [5, 5.41) is 19.7. The van der Waals surface area contributed by atoms with E-state index in [1.807, 2.05) is 19.1 Å². The number of carboxylic acid groups (broad SMARTS) is 1. The summed E-state index contributed by atoms with van der Waals surface area (Å²) < 4.78 is 0. The highest BCUT2D eigenvalue weighted by Crippen LogP contribution is 2.01. The van der Waals surface area contributed by atoms with Gasteiger partial charge in [-0.2, -0.15) is 0 Å². The molecule has 1 atom stereocenters. The smallest absolute Gasteiger partial charge is 0.322 e. The van der Waals surface area contributed by atoms with Gasteiger partial charge in [-0.1, -0.05) is 12.2 Å². The molecule has 5 nitrogen and oxygen atoms in total. The van der Waals surface area contributed by atoms with Crippen LogP contribution < -0.4 is 5.32 Å². The van der Waals surface area contributed by atoms with E-state index in [0.717, 1.165) is 6.42 Å². The van der Waals surface area contributed by atoms with Gasteiger partial charge in [-0.3, -0.25) is 9.59 Å². The zero-order chi connectivity index (χ0) is 11.7. The lowest BCUT2D eigenvalue weighted by Gasteiger charge is -2.08. The number of unbranched alkanes of at least 4 members (excludes halogenated alkanes) is 1. The molecule has 86 valence electrons. The van der Waals surface area contributed by atoms with E-state index < -0.39 is 24.5 Å². The fourth-order valence-electron chi connectivity index (χ4n) is 1.01. The SMILES string of the molecule is C/C=C/CCCC(O)C(=O)NCC(=O)O. The van der Waals surface area contributed by atoms with Crippen molar-refractivity contribution in [3.63, 3.8) is 0 Å². The van der Waals surface area contributed by atoms with Crippen LogP contribution in [0.15, 0.2) is 12.2 Å². The summed E-state index contributed by atoms with van der Waals surface area (Å²) in [5.74, 6) is -1.75. The molecular weight excluding hydrogens is 198 g/mol. The normalized spacial score (nSPS) is 12.7. The number of amides is 1. The molecule has 0 fully saturated rings.